The van der Waals surface area contributed by atoms with Gasteiger partial charge in [-0.25, -0.2) is 4.39 Å². The van der Waals surface area contributed by atoms with Crippen molar-refractivity contribution in [1.82, 2.24) is 20.8 Å². The molecule has 0 bridgehead atoms. The maximum absolute atomic E-state index is 13.0. The second-order valence-electron chi connectivity index (χ2n) is 5.13. The van der Waals surface area contributed by atoms with Crippen LogP contribution in [0.3, 0.4) is 0 Å². The minimum Gasteiger partial charge on any atom is -0.487 e. The molecule has 7 nitrogen and oxygen atoms in total. The van der Waals surface area contributed by atoms with Crippen molar-refractivity contribution in [3.63, 3.8) is 0 Å². The average molecular weight is 318 g/mol. The van der Waals surface area contributed by atoms with Gasteiger partial charge in [0.1, 0.15) is 29.9 Å². The summed E-state index contributed by atoms with van der Waals surface area (Å²) in [6.45, 7) is 0.671. The molecule has 8 heteroatoms. The lowest BCUT2D eigenvalue weighted by atomic mass is 10.2. The fourth-order valence-corrected chi connectivity index (χ4v) is 2.23. The number of hydrogen-bond donors (Lipinski definition) is 3. The first-order valence-corrected chi connectivity index (χ1v) is 7.13. The maximum atomic E-state index is 13.0. The Balaban J connectivity index is 1.57. The molecule has 1 aromatic heterocycles. The van der Waals surface area contributed by atoms with E-state index in [0.29, 0.717) is 24.4 Å². The van der Waals surface area contributed by atoms with E-state index in [1.54, 1.807) is 12.1 Å². The number of aromatic nitrogens is 2. The van der Waals surface area contributed by atoms with Crippen LogP contribution < -0.4 is 15.4 Å². The Hall–Kier alpha value is -2.90. The summed E-state index contributed by atoms with van der Waals surface area (Å²) >= 11 is 0. The van der Waals surface area contributed by atoms with Gasteiger partial charge in [-0.15, -0.1) is 0 Å². The molecule has 0 saturated carbocycles. The first-order valence-electron chi connectivity index (χ1n) is 7.13. The van der Waals surface area contributed by atoms with Crippen LogP contribution in [0.15, 0.2) is 30.3 Å². The van der Waals surface area contributed by atoms with Gasteiger partial charge in [0, 0.05) is 12.6 Å². The van der Waals surface area contributed by atoms with E-state index in [1.165, 1.54) is 18.2 Å². The van der Waals surface area contributed by atoms with Crippen molar-refractivity contribution < 1.29 is 18.7 Å². The number of aromatic amines is 1. The number of H-pyrrole nitrogens is 1. The summed E-state index contributed by atoms with van der Waals surface area (Å²) in [6.07, 6.45) is 0.560. The monoisotopic (exact) mass is 318 g/mol. The standard InChI is InChI=1S/C15H15FN4O3/c16-9-2-1-3-11(6-9)23-8-10-7-13(20-19-10)15(22)18-12-4-5-17-14(12)21/h1-3,6-7,12H,4-5,8H2,(H,17,21)(H,18,22)(H,19,20)/t12-/m1/s1. The van der Waals surface area contributed by atoms with Crippen LogP contribution in [0.4, 0.5) is 4.39 Å². The van der Waals surface area contributed by atoms with E-state index in [4.69, 9.17) is 4.74 Å². The van der Waals surface area contributed by atoms with Gasteiger partial charge in [-0.2, -0.15) is 5.10 Å². The number of rotatable bonds is 5. The molecule has 0 spiro atoms. The van der Waals surface area contributed by atoms with Crippen molar-refractivity contribution in [1.29, 1.82) is 0 Å². The number of nitrogens with one attached hydrogen (secondary N) is 3. The minimum absolute atomic E-state index is 0.119. The van der Waals surface area contributed by atoms with Gasteiger partial charge in [0.25, 0.3) is 5.91 Å². The van der Waals surface area contributed by atoms with E-state index in [-0.39, 0.29) is 24.0 Å². The van der Waals surface area contributed by atoms with Crippen LogP contribution in [0.1, 0.15) is 22.6 Å². The molecule has 1 atom stereocenters. The fraction of sp³-hybridized carbons (Fsp3) is 0.267. The minimum atomic E-state index is -0.522. The van der Waals surface area contributed by atoms with Crippen molar-refractivity contribution in [3.05, 3.63) is 47.5 Å². The predicted molar refractivity (Wildman–Crippen MR) is 78.2 cm³/mol. The smallest absolute Gasteiger partial charge is 0.272 e. The number of amides is 2. The largest absolute Gasteiger partial charge is 0.487 e. The fourth-order valence-electron chi connectivity index (χ4n) is 2.23. The topological polar surface area (TPSA) is 96.1 Å². The zero-order valence-electron chi connectivity index (χ0n) is 12.1. The van der Waals surface area contributed by atoms with E-state index >= 15 is 0 Å². The lowest BCUT2D eigenvalue weighted by molar-refractivity contribution is -0.120. The van der Waals surface area contributed by atoms with E-state index in [9.17, 15) is 14.0 Å². The molecule has 1 saturated heterocycles. The second-order valence-corrected chi connectivity index (χ2v) is 5.13. The lowest BCUT2D eigenvalue weighted by Gasteiger charge is -2.07. The van der Waals surface area contributed by atoms with Crippen LogP contribution in [-0.2, 0) is 11.4 Å². The Bertz CT molecular complexity index is 731. The molecular formula is C15H15FN4O3. The summed E-state index contributed by atoms with van der Waals surface area (Å²) in [5, 5.41) is 11.8. The van der Waals surface area contributed by atoms with Crippen molar-refractivity contribution >= 4 is 11.8 Å². The van der Waals surface area contributed by atoms with Crippen LogP contribution in [-0.4, -0.2) is 34.6 Å². The van der Waals surface area contributed by atoms with Crippen LogP contribution >= 0.6 is 0 Å². The summed E-state index contributed by atoms with van der Waals surface area (Å²) in [5.41, 5.74) is 0.734. The van der Waals surface area contributed by atoms with Gasteiger partial charge in [-0.1, -0.05) is 6.07 Å². The van der Waals surface area contributed by atoms with Crippen LogP contribution in [0.25, 0.3) is 0 Å². The molecular weight excluding hydrogens is 303 g/mol. The van der Waals surface area contributed by atoms with Gasteiger partial charge in [0.2, 0.25) is 5.91 Å². The Morgan fingerprint density at radius 3 is 3.04 bits per heavy atom. The molecule has 120 valence electrons. The summed E-state index contributed by atoms with van der Waals surface area (Å²) < 4.78 is 18.5. The number of nitrogens with zero attached hydrogens (tertiary/aromatic N) is 1. The van der Waals surface area contributed by atoms with Gasteiger partial charge in [-0.05, 0) is 24.6 Å². The third-order valence-electron chi connectivity index (χ3n) is 3.41. The van der Waals surface area contributed by atoms with E-state index in [0.717, 1.165) is 0 Å². The lowest BCUT2D eigenvalue weighted by Crippen LogP contribution is -2.40. The van der Waals surface area contributed by atoms with Gasteiger partial charge in [-0.3, -0.25) is 14.7 Å². The predicted octanol–water partition coefficient (Wildman–Crippen LogP) is 0.746. The molecule has 1 fully saturated rings. The molecule has 0 aliphatic carbocycles. The van der Waals surface area contributed by atoms with E-state index in [2.05, 4.69) is 20.8 Å². The third kappa shape index (κ3) is 3.65. The number of carbonyl (C=O) groups excluding carboxylic acids is 2. The van der Waals surface area contributed by atoms with Crippen molar-refractivity contribution in [2.24, 2.45) is 0 Å². The SMILES string of the molecule is O=C(N[C@@H]1CCNC1=O)c1cc(COc2cccc(F)c2)[nH]n1. The molecule has 1 aliphatic rings. The van der Waals surface area contributed by atoms with Gasteiger partial charge < -0.3 is 15.4 Å². The van der Waals surface area contributed by atoms with Crippen LogP contribution in [0.5, 0.6) is 5.75 Å². The highest BCUT2D eigenvalue weighted by Crippen LogP contribution is 2.14. The van der Waals surface area contributed by atoms with Crippen LogP contribution in [0, 0.1) is 5.82 Å². The molecule has 1 aliphatic heterocycles. The highest BCUT2D eigenvalue weighted by atomic mass is 19.1. The highest BCUT2D eigenvalue weighted by Gasteiger charge is 2.26. The molecule has 2 amide bonds. The number of carbonyl (C=O) groups is 2. The quantitative estimate of drug-likeness (QED) is 0.758. The summed E-state index contributed by atoms with van der Waals surface area (Å²) in [6, 6.07) is 6.77. The van der Waals surface area contributed by atoms with E-state index in [1.807, 2.05) is 0 Å². The highest BCUT2D eigenvalue weighted by molar-refractivity contribution is 5.96. The Kier molecular flexibility index (Phi) is 4.22. The van der Waals surface area contributed by atoms with Crippen molar-refractivity contribution in [2.45, 2.75) is 19.1 Å². The normalized spacial score (nSPS) is 16.9. The number of ether oxygens (including phenoxy) is 1. The Morgan fingerprint density at radius 1 is 1.43 bits per heavy atom. The summed E-state index contributed by atoms with van der Waals surface area (Å²) in [7, 11) is 0. The van der Waals surface area contributed by atoms with Gasteiger partial charge >= 0.3 is 0 Å². The molecule has 0 unspecified atom stereocenters. The molecule has 3 rings (SSSR count). The molecule has 1 aromatic carbocycles. The zero-order valence-corrected chi connectivity index (χ0v) is 12.1. The maximum Gasteiger partial charge on any atom is 0.272 e. The van der Waals surface area contributed by atoms with Gasteiger partial charge in [0.05, 0.1) is 5.69 Å². The van der Waals surface area contributed by atoms with Crippen molar-refractivity contribution in [3.8, 4) is 5.75 Å². The van der Waals surface area contributed by atoms with Gasteiger partial charge in [0.15, 0.2) is 0 Å². The van der Waals surface area contributed by atoms with Crippen LogP contribution in [0.2, 0.25) is 0 Å². The number of halogens is 1. The second kappa shape index (κ2) is 6.47. The van der Waals surface area contributed by atoms with E-state index < -0.39 is 11.9 Å². The summed E-state index contributed by atoms with van der Waals surface area (Å²) in [4.78, 5) is 23.4. The molecule has 0 radical (unpaired) electrons. The zero-order chi connectivity index (χ0) is 16.2. The van der Waals surface area contributed by atoms with Crippen molar-refractivity contribution in [2.75, 3.05) is 6.54 Å². The molecule has 2 heterocycles. The summed E-state index contributed by atoms with van der Waals surface area (Å²) in [5.74, 6) is -0.626. The Labute approximate surface area is 131 Å². The first-order chi connectivity index (χ1) is 11.1. The molecule has 3 N–H and O–H groups in total. The average Bonchev–Trinajstić information content (AvgIpc) is 3.15. The first kappa shape index (κ1) is 15.0. The third-order valence-corrected chi connectivity index (χ3v) is 3.41. The molecule has 23 heavy (non-hydrogen) atoms. The molecule has 2 aromatic rings. The Morgan fingerprint density at radius 2 is 2.30 bits per heavy atom. The number of hydrogen-bond acceptors (Lipinski definition) is 4. The number of benzene rings is 1.